The molecule has 0 N–H and O–H groups in total. The molecule has 0 radical (unpaired) electrons. The third kappa shape index (κ3) is 6.20. The molecule has 0 atom stereocenters. The maximum Gasteiger partial charge on any atom is 0.254 e. The van der Waals surface area contributed by atoms with E-state index in [1.807, 2.05) is 24.3 Å². The zero-order valence-corrected chi connectivity index (χ0v) is 14.3. The van der Waals surface area contributed by atoms with Crippen LogP contribution in [0.5, 0.6) is 0 Å². The van der Waals surface area contributed by atoms with Gasteiger partial charge in [0.2, 0.25) is 5.24 Å². The number of hydrogen-bond acceptors (Lipinski definition) is 5. The van der Waals surface area contributed by atoms with Gasteiger partial charge in [0, 0.05) is 25.1 Å². The Kier molecular flexibility index (Phi) is 8.18. The van der Waals surface area contributed by atoms with Crippen molar-refractivity contribution in [3.8, 4) is 0 Å². The van der Waals surface area contributed by atoms with Crippen molar-refractivity contribution in [2.75, 3.05) is 46.2 Å². The summed E-state index contributed by atoms with van der Waals surface area (Å²) in [5.74, 6) is 0.0676. The molecule has 1 aliphatic heterocycles. The maximum atomic E-state index is 12.1. The smallest absolute Gasteiger partial charge is 0.254 e. The Morgan fingerprint density at radius 1 is 1.00 bits per heavy atom. The highest BCUT2D eigenvalue weighted by Crippen LogP contribution is 2.21. The lowest BCUT2D eigenvalue weighted by Crippen LogP contribution is -2.28. The lowest BCUT2D eigenvalue weighted by Gasteiger charge is -2.15. The van der Waals surface area contributed by atoms with Gasteiger partial charge in [0.05, 0.1) is 39.6 Å². The van der Waals surface area contributed by atoms with Crippen LogP contribution in [0.3, 0.4) is 0 Å². The molecule has 1 heterocycles. The van der Waals surface area contributed by atoms with Gasteiger partial charge in [-0.2, -0.15) is 0 Å². The van der Waals surface area contributed by atoms with Gasteiger partial charge in [0.15, 0.2) is 0 Å². The maximum absolute atomic E-state index is 12.1. The first kappa shape index (κ1) is 18.9. The number of nitrogens with zero attached hydrogens (tertiary/aromatic N) is 1. The zero-order chi connectivity index (χ0) is 17.2. The second kappa shape index (κ2) is 10.4. The first-order valence-electron chi connectivity index (χ1n) is 7.97. The monoisotopic (exact) mass is 355 g/mol. The lowest BCUT2D eigenvalue weighted by atomic mass is 10.1. The third-order valence-electron chi connectivity index (χ3n) is 3.59. The summed E-state index contributed by atoms with van der Waals surface area (Å²) in [7, 11) is 0. The van der Waals surface area contributed by atoms with Crippen molar-refractivity contribution in [3.05, 3.63) is 35.4 Å². The van der Waals surface area contributed by atoms with Gasteiger partial charge < -0.3 is 19.1 Å². The molecule has 0 bridgehead atoms. The van der Waals surface area contributed by atoms with Gasteiger partial charge in [-0.1, -0.05) is 18.2 Å². The second-order valence-electron chi connectivity index (χ2n) is 5.33. The summed E-state index contributed by atoms with van der Waals surface area (Å²) in [4.78, 5) is 24.4. The second-order valence-corrected chi connectivity index (χ2v) is 5.75. The molecule has 0 spiro atoms. The number of rotatable bonds is 12. The van der Waals surface area contributed by atoms with Crippen LogP contribution in [-0.2, 0) is 25.5 Å². The first-order valence-corrected chi connectivity index (χ1v) is 8.35. The molecule has 1 aromatic rings. The largest absolute Gasteiger partial charge is 0.379 e. The Bertz CT molecular complexity index is 552. The molecule has 24 heavy (non-hydrogen) atoms. The van der Waals surface area contributed by atoms with Crippen LogP contribution in [0.1, 0.15) is 22.3 Å². The average Bonchev–Trinajstić information content (AvgIpc) is 2.89. The quantitative estimate of drug-likeness (QED) is 0.423. The minimum Gasteiger partial charge on any atom is -0.379 e. The Morgan fingerprint density at radius 2 is 1.62 bits per heavy atom. The number of hydrogen-bond donors (Lipinski definition) is 0. The van der Waals surface area contributed by atoms with Crippen LogP contribution < -0.4 is 0 Å². The van der Waals surface area contributed by atoms with E-state index in [0.717, 1.165) is 11.1 Å². The number of ether oxygens (including phenoxy) is 3. The van der Waals surface area contributed by atoms with Crippen LogP contribution in [0.2, 0.25) is 0 Å². The predicted octanol–water partition coefficient (Wildman–Crippen LogP) is 1.85. The molecule has 0 saturated carbocycles. The molecule has 0 aromatic heterocycles. The first-order chi connectivity index (χ1) is 11.7. The van der Waals surface area contributed by atoms with Gasteiger partial charge in [-0.3, -0.25) is 9.59 Å². The summed E-state index contributed by atoms with van der Waals surface area (Å²) in [5, 5.41) is -0.399. The Hall–Kier alpha value is -1.47. The van der Waals surface area contributed by atoms with Gasteiger partial charge in [-0.05, 0) is 23.2 Å². The molecule has 0 fully saturated rings. The summed E-state index contributed by atoms with van der Waals surface area (Å²) in [6.45, 7) is 3.82. The van der Waals surface area contributed by atoms with E-state index in [1.54, 1.807) is 4.90 Å². The van der Waals surface area contributed by atoms with Crippen LogP contribution in [0.4, 0.5) is 0 Å². The summed E-state index contributed by atoms with van der Waals surface area (Å²) >= 11 is 5.18. The van der Waals surface area contributed by atoms with E-state index in [4.69, 9.17) is 25.8 Å². The zero-order valence-electron chi connectivity index (χ0n) is 13.5. The fourth-order valence-corrected chi connectivity index (χ4v) is 2.44. The van der Waals surface area contributed by atoms with E-state index in [9.17, 15) is 9.59 Å². The van der Waals surface area contributed by atoms with Crippen LogP contribution >= 0.6 is 11.6 Å². The number of carbonyl (C=O) groups is 2. The van der Waals surface area contributed by atoms with E-state index in [1.165, 1.54) is 0 Å². The molecule has 1 amide bonds. The highest BCUT2D eigenvalue weighted by Gasteiger charge is 2.25. The topological polar surface area (TPSA) is 65.1 Å². The van der Waals surface area contributed by atoms with Crippen LogP contribution in [-0.4, -0.2) is 62.2 Å². The molecule has 1 aliphatic rings. The molecule has 0 unspecified atom stereocenters. The number of carbonyl (C=O) groups excluding carboxylic acids is 2. The SMILES string of the molecule is O=C(Cl)CCOCCOCCOCCN1Cc2ccccc2C1=O. The highest BCUT2D eigenvalue weighted by atomic mass is 35.5. The molecule has 1 aromatic carbocycles. The molecular weight excluding hydrogens is 334 g/mol. The number of benzene rings is 1. The van der Waals surface area contributed by atoms with Crippen molar-refractivity contribution in [1.29, 1.82) is 0 Å². The normalized spacial score (nSPS) is 13.4. The van der Waals surface area contributed by atoms with E-state index in [0.29, 0.717) is 52.7 Å². The van der Waals surface area contributed by atoms with Crippen LogP contribution in [0, 0.1) is 0 Å². The van der Waals surface area contributed by atoms with Gasteiger partial charge >= 0.3 is 0 Å². The minimum atomic E-state index is -0.399. The Balaban J connectivity index is 1.44. The molecule has 0 saturated heterocycles. The van der Waals surface area contributed by atoms with Crippen molar-refractivity contribution in [2.24, 2.45) is 0 Å². The van der Waals surface area contributed by atoms with E-state index in [2.05, 4.69) is 0 Å². The van der Waals surface area contributed by atoms with Crippen molar-refractivity contribution >= 4 is 22.8 Å². The molecule has 7 heteroatoms. The summed E-state index contributed by atoms with van der Waals surface area (Å²) < 4.78 is 16.0. The Morgan fingerprint density at radius 3 is 2.29 bits per heavy atom. The molecule has 0 aliphatic carbocycles. The molecule has 132 valence electrons. The van der Waals surface area contributed by atoms with Gasteiger partial charge in [-0.25, -0.2) is 0 Å². The van der Waals surface area contributed by atoms with Crippen LogP contribution in [0.25, 0.3) is 0 Å². The number of amides is 1. The standard InChI is InChI=1S/C17H22ClNO5/c18-16(20)5-7-22-9-11-24-12-10-23-8-6-19-13-14-3-1-2-4-15(14)17(19)21/h1-4H,5-13H2. The lowest BCUT2D eigenvalue weighted by molar-refractivity contribution is -0.112. The molecule has 6 nitrogen and oxygen atoms in total. The van der Waals surface area contributed by atoms with Gasteiger partial charge in [-0.15, -0.1) is 0 Å². The fourth-order valence-electron chi connectivity index (χ4n) is 2.36. The number of halogens is 1. The third-order valence-corrected chi connectivity index (χ3v) is 3.78. The van der Waals surface area contributed by atoms with Crippen molar-refractivity contribution < 1.29 is 23.8 Å². The van der Waals surface area contributed by atoms with E-state index >= 15 is 0 Å². The van der Waals surface area contributed by atoms with Crippen molar-refractivity contribution in [3.63, 3.8) is 0 Å². The summed E-state index contributed by atoms with van der Waals surface area (Å²) in [6.07, 6.45) is 0.212. The van der Waals surface area contributed by atoms with Crippen molar-refractivity contribution in [1.82, 2.24) is 4.90 Å². The summed E-state index contributed by atoms with van der Waals surface area (Å²) in [5.41, 5.74) is 1.86. The molecule has 2 rings (SSSR count). The van der Waals surface area contributed by atoms with Crippen molar-refractivity contribution in [2.45, 2.75) is 13.0 Å². The minimum absolute atomic E-state index is 0.0676. The van der Waals surface area contributed by atoms with E-state index in [-0.39, 0.29) is 12.3 Å². The predicted molar refractivity (Wildman–Crippen MR) is 89.1 cm³/mol. The van der Waals surface area contributed by atoms with Crippen LogP contribution in [0.15, 0.2) is 24.3 Å². The fraction of sp³-hybridized carbons (Fsp3) is 0.529. The summed E-state index contributed by atoms with van der Waals surface area (Å²) in [6, 6.07) is 7.66. The van der Waals surface area contributed by atoms with Gasteiger partial charge in [0.1, 0.15) is 0 Å². The highest BCUT2D eigenvalue weighted by molar-refractivity contribution is 6.63. The molecular formula is C17H22ClNO5. The number of fused-ring (bicyclic) bond motifs is 1. The van der Waals surface area contributed by atoms with E-state index < -0.39 is 5.24 Å². The average molecular weight is 356 g/mol. The van der Waals surface area contributed by atoms with Gasteiger partial charge in [0.25, 0.3) is 5.91 Å². The Labute approximate surface area is 146 Å².